The number of nitrogens with one attached hydrogen (secondary N) is 1. The fraction of sp³-hybridized carbons (Fsp3) is 0.238. The van der Waals surface area contributed by atoms with E-state index in [2.05, 4.69) is 17.4 Å². The van der Waals surface area contributed by atoms with E-state index in [9.17, 15) is 9.59 Å². The van der Waals surface area contributed by atoms with Crippen molar-refractivity contribution in [1.29, 1.82) is 0 Å². The summed E-state index contributed by atoms with van der Waals surface area (Å²) < 4.78 is 7.12. The number of carbonyl (C=O) groups is 2. The molecule has 1 aliphatic rings. The average molecular weight is 380 g/mol. The summed E-state index contributed by atoms with van der Waals surface area (Å²) in [7, 11) is 0. The van der Waals surface area contributed by atoms with Gasteiger partial charge in [0.2, 0.25) is 0 Å². The summed E-state index contributed by atoms with van der Waals surface area (Å²) in [6.45, 7) is -0.277. The van der Waals surface area contributed by atoms with E-state index in [1.165, 1.54) is 16.9 Å². The molecule has 2 heterocycles. The first-order valence-electron chi connectivity index (χ1n) is 8.97. The van der Waals surface area contributed by atoms with Crippen molar-refractivity contribution in [2.24, 2.45) is 0 Å². The van der Waals surface area contributed by atoms with Gasteiger partial charge in [-0.2, -0.15) is 0 Å². The van der Waals surface area contributed by atoms with E-state index in [-0.39, 0.29) is 18.6 Å². The summed E-state index contributed by atoms with van der Waals surface area (Å²) in [6, 6.07) is 13.8. The molecule has 138 valence electrons. The third-order valence-corrected chi connectivity index (χ3v) is 5.64. The van der Waals surface area contributed by atoms with Crippen molar-refractivity contribution in [1.82, 2.24) is 9.88 Å². The van der Waals surface area contributed by atoms with Crippen molar-refractivity contribution in [3.8, 4) is 5.69 Å². The molecule has 0 saturated heterocycles. The first kappa shape index (κ1) is 17.5. The van der Waals surface area contributed by atoms with Crippen LogP contribution in [0.1, 0.15) is 39.7 Å². The van der Waals surface area contributed by atoms with E-state index in [4.69, 9.17) is 4.74 Å². The molecule has 1 aliphatic carbocycles. The zero-order valence-electron chi connectivity index (χ0n) is 14.8. The van der Waals surface area contributed by atoms with Gasteiger partial charge in [0.15, 0.2) is 6.61 Å². The number of fused-ring (bicyclic) bond motifs is 1. The Labute approximate surface area is 161 Å². The molecule has 1 aromatic carbocycles. The van der Waals surface area contributed by atoms with Gasteiger partial charge in [0.1, 0.15) is 4.88 Å². The van der Waals surface area contributed by atoms with Crippen molar-refractivity contribution in [2.75, 3.05) is 6.61 Å². The van der Waals surface area contributed by atoms with Crippen molar-refractivity contribution in [3.05, 3.63) is 76.2 Å². The number of benzene rings is 1. The molecule has 0 saturated carbocycles. The summed E-state index contributed by atoms with van der Waals surface area (Å²) in [6.07, 6.45) is 6.72. The van der Waals surface area contributed by atoms with Crippen LogP contribution in [0, 0.1) is 0 Å². The van der Waals surface area contributed by atoms with Crippen LogP contribution in [0.4, 0.5) is 0 Å². The first-order valence-corrected chi connectivity index (χ1v) is 9.85. The Kier molecular flexibility index (Phi) is 5.07. The number of aromatic nitrogens is 1. The number of ether oxygens (including phenoxy) is 1. The van der Waals surface area contributed by atoms with Gasteiger partial charge in [-0.05, 0) is 54.0 Å². The molecule has 4 rings (SSSR count). The maximum Gasteiger partial charge on any atom is 0.350 e. The van der Waals surface area contributed by atoms with Crippen molar-refractivity contribution in [2.45, 2.75) is 25.3 Å². The summed E-state index contributed by atoms with van der Waals surface area (Å²) in [4.78, 5) is 25.2. The highest BCUT2D eigenvalue weighted by molar-refractivity contribution is 7.12. The largest absolute Gasteiger partial charge is 0.451 e. The van der Waals surface area contributed by atoms with E-state index >= 15 is 0 Å². The monoisotopic (exact) mass is 380 g/mol. The summed E-state index contributed by atoms with van der Waals surface area (Å²) in [5.74, 6) is -0.753. The van der Waals surface area contributed by atoms with E-state index in [0.29, 0.717) is 4.88 Å². The zero-order valence-corrected chi connectivity index (χ0v) is 15.6. The lowest BCUT2D eigenvalue weighted by Crippen LogP contribution is -2.34. The second-order valence-electron chi connectivity index (χ2n) is 6.51. The lowest BCUT2D eigenvalue weighted by Gasteiger charge is -2.26. The lowest BCUT2D eigenvalue weighted by atomic mass is 9.88. The van der Waals surface area contributed by atoms with Crippen molar-refractivity contribution < 1.29 is 14.3 Å². The Balaban J connectivity index is 1.37. The quantitative estimate of drug-likeness (QED) is 0.683. The molecule has 0 fully saturated rings. The maximum atomic E-state index is 12.4. The Hall–Kier alpha value is -2.86. The van der Waals surface area contributed by atoms with Crippen LogP contribution in [-0.2, 0) is 16.0 Å². The van der Waals surface area contributed by atoms with Crippen molar-refractivity contribution in [3.63, 3.8) is 0 Å². The Morgan fingerprint density at radius 2 is 1.96 bits per heavy atom. The number of aryl methyl sites for hydroxylation is 1. The van der Waals surface area contributed by atoms with Crippen molar-refractivity contribution >= 4 is 23.2 Å². The fourth-order valence-electron chi connectivity index (χ4n) is 3.49. The number of hydrogen-bond acceptors (Lipinski definition) is 4. The third-order valence-electron chi connectivity index (χ3n) is 4.75. The molecule has 1 unspecified atom stereocenters. The second kappa shape index (κ2) is 7.80. The number of esters is 1. The summed E-state index contributed by atoms with van der Waals surface area (Å²) in [5.41, 5.74) is 3.20. The zero-order chi connectivity index (χ0) is 18.6. The van der Waals surface area contributed by atoms with Crippen LogP contribution in [-0.4, -0.2) is 23.1 Å². The normalized spacial score (nSPS) is 15.8. The highest BCUT2D eigenvalue weighted by Crippen LogP contribution is 2.29. The number of rotatable bonds is 5. The first-order chi connectivity index (χ1) is 13.2. The van der Waals surface area contributed by atoms with Gasteiger partial charge in [0.25, 0.3) is 5.91 Å². The number of nitrogens with zero attached hydrogens (tertiary/aromatic N) is 1. The highest BCUT2D eigenvalue weighted by Gasteiger charge is 2.22. The minimum absolute atomic E-state index is 0.0154. The minimum atomic E-state index is -0.479. The molecule has 5 nitrogen and oxygen atoms in total. The lowest BCUT2D eigenvalue weighted by molar-refractivity contribution is -0.125. The molecule has 0 radical (unpaired) electrons. The number of amides is 1. The van der Waals surface area contributed by atoms with E-state index in [0.717, 1.165) is 30.5 Å². The maximum absolute atomic E-state index is 12.4. The standard InChI is InChI=1S/C21H20N2O3S/c24-19(22-17-9-5-7-15-6-1-2-8-16(15)17)14-26-21(25)20-18(10-13-27-20)23-11-3-4-12-23/h1-4,6,8,10-13,17H,5,7,9,14H2,(H,22,24). The van der Waals surface area contributed by atoms with Crippen LogP contribution >= 0.6 is 11.3 Å². The highest BCUT2D eigenvalue weighted by atomic mass is 32.1. The van der Waals surface area contributed by atoms with Crippen LogP contribution in [0.25, 0.3) is 5.69 Å². The SMILES string of the molecule is O=C(COC(=O)c1sccc1-n1cccc1)NC1CCCc2ccccc21. The fourth-order valence-corrected chi connectivity index (χ4v) is 4.27. The molecule has 1 N–H and O–H groups in total. The predicted molar refractivity (Wildman–Crippen MR) is 104 cm³/mol. The molecular weight excluding hydrogens is 360 g/mol. The Morgan fingerprint density at radius 3 is 2.81 bits per heavy atom. The van der Waals surface area contributed by atoms with E-state index in [1.807, 2.05) is 52.7 Å². The van der Waals surface area contributed by atoms with Gasteiger partial charge in [-0.3, -0.25) is 4.79 Å². The topological polar surface area (TPSA) is 60.3 Å². The van der Waals surface area contributed by atoms with Crippen LogP contribution in [0.5, 0.6) is 0 Å². The third kappa shape index (κ3) is 3.80. The van der Waals surface area contributed by atoms with E-state index < -0.39 is 5.97 Å². The molecule has 6 heteroatoms. The minimum Gasteiger partial charge on any atom is -0.451 e. The van der Waals surface area contributed by atoms with Crippen LogP contribution in [0.2, 0.25) is 0 Å². The average Bonchev–Trinajstić information content (AvgIpc) is 3.37. The molecule has 27 heavy (non-hydrogen) atoms. The van der Waals surface area contributed by atoms with Gasteiger partial charge in [-0.25, -0.2) is 4.79 Å². The van der Waals surface area contributed by atoms with Gasteiger partial charge in [-0.15, -0.1) is 11.3 Å². The smallest absolute Gasteiger partial charge is 0.350 e. The van der Waals surface area contributed by atoms with Gasteiger partial charge in [0, 0.05) is 12.4 Å². The molecule has 0 aliphatic heterocycles. The molecular formula is C21H20N2O3S. The molecule has 1 atom stereocenters. The molecule has 1 amide bonds. The Bertz CT molecular complexity index is 946. The van der Waals surface area contributed by atoms with Crippen LogP contribution < -0.4 is 5.32 Å². The number of thiophene rings is 1. The summed E-state index contributed by atoms with van der Waals surface area (Å²) in [5, 5.41) is 4.84. The number of carbonyl (C=O) groups excluding carboxylic acids is 2. The number of hydrogen-bond donors (Lipinski definition) is 1. The molecule has 2 aromatic heterocycles. The van der Waals surface area contributed by atoms with E-state index in [1.54, 1.807) is 0 Å². The second-order valence-corrected chi connectivity index (χ2v) is 7.43. The summed E-state index contributed by atoms with van der Waals surface area (Å²) >= 11 is 1.31. The molecule has 3 aromatic rings. The van der Waals surface area contributed by atoms with Crippen LogP contribution in [0.15, 0.2) is 60.2 Å². The van der Waals surface area contributed by atoms with Gasteiger partial charge >= 0.3 is 5.97 Å². The van der Waals surface area contributed by atoms with Gasteiger partial charge < -0.3 is 14.6 Å². The molecule has 0 bridgehead atoms. The molecule has 0 spiro atoms. The predicted octanol–water partition coefficient (Wildman–Crippen LogP) is 3.89. The van der Waals surface area contributed by atoms with Crippen LogP contribution in [0.3, 0.4) is 0 Å². The Morgan fingerprint density at radius 1 is 1.15 bits per heavy atom. The van der Waals surface area contributed by atoms with Gasteiger partial charge in [-0.1, -0.05) is 24.3 Å². The van der Waals surface area contributed by atoms with Gasteiger partial charge in [0.05, 0.1) is 11.7 Å².